The third-order valence-electron chi connectivity index (χ3n) is 3.72. The maximum absolute atomic E-state index is 12.6. The third kappa shape index (κ3) is 2.42. The molecular weight excluding hydrogens is 300 g/mol. The Morgan fingerprint density at radius 3 is 2.18 bits per heavy atom. The minimum atomic E-state index is -0.353. The van der Waals surface area contributed by atoms with E-state index in [-0.39, 0.29) is 22.4 Å². The highest BCUT2D eigenvalue weighted by Gasteiger charge is 2.33. The van der Waals surface area contributed by atoms with Crippen molar-refractivity contribution in [2.45, 2.75) is 19.8 Å². The largest absolute Gasteiger partial charge is 0.488 e. The van der Waals surface area contributed by atoms with Crippen LogP contribution in [-0.2, 0) is 4.74 Å². The van der Waals surface area contributed by atoms with Crippen LogP contribution in [0, 0.1) is 0 Å². The first-order chi connectivity index (χ1) is 10.6. The molecule has 0 spiro atoms. The molecule has 0 heterocycles. The molecule has 0 aromatic heterocycles. The first-order valence-corrected chi connectivity index (χ1v) is 7.66. The average molecular weight is 315 g/mol. The van der Waals surface area contributed by atoms with Crippen molar-refractivity contribution in [3.63, 3.8) is 0 Å². The number of ketones is 2. The molecular formula is C18H15ClO3. The second-order valence-electron chi connectivity index (χ2n) is 5.25. The lowest BCUT2D eigenvalue weighted by Crippen LogP contribution is -2.22. The maximum atomic E-state index is 12.6. The molecule has 0 bridgehead atoms. The number of unbranched alkanes of at least 4 members (excludes halogenated alkanes) is 1. The number of hydrogen-bond donors (Lipinski definition) is 0. The molecule has 0 radical (unpaired) electrons. The van der Waals surface area contributed by atoms with Crippen molar-refractivity contribution in [1.82, 2.24) is 0 Å². The SMILES string of the molecule is CCCCOC1=C(Cl)C(=O)c2cc3ccccc3cc2C1=O. The van der Waals surface area contributed by atoms with Crippen molar-refractivity contribution in [3.8, 4) is 0 Å². The van der Waals surface area contributed by atoms with Crippen molar-refractivity contribution in [2.24, 2.45) is 0 Å². The molecule has 2 aromatic rings. The summed E-state index contributed by atoms with van der Waals surface area (Å²) < 4.78 is 5.46. The number of hydrogen-bond acceptors (Lipinski definition) is 3. The fourth-order valence-corrected chi connectivity index (χ4v) is 2.75. The molecule has 0 fully saturated rings. The van der Waals surface area contributed by atoms with E-state index in [1.54, 1.807) is 12.1 Å². The molecule has 0 atom stereocenters. The number of rotatable bonds is 4. The highest BCUT2D eigenvalue weighted by atomic mass is 35.5. The summed E-state index contributed by atoms with van der Waals surface area (Å²) in [5.74, 6) is -0.696. The Morgan fingerprint density at radius 2 is 1.59 bits per heavy atom. The summed E-state index contributed by atoms with van der Waals surface area (Å²) >= 11 is 6.07. The predicted molar refractivity (Wildman–Crippen MR) is 86.3 cm³/mol. The normalized spacial score (nSPS) is 14.5. The van der Waals surface area contributed by atoms with Crippen LogP contribution < -0.4 is 0 Å². The number of benzene rings is 2. The van der Waals surface area contributed by atoms with Crippen molar-refractivity contribution in [1.29, 1.82) is 0 Å². The lowest BCUT2D eigenvalue weighted by Gasteiger charge is -2.19. The Bertz CT molecular complexity index is 805. The van der Waals surface area contributed by atoms with E-state index in [1.165, 1.54) is 0 Å². The molecule has 0 saturated carbocycles. The molecule has 0 N–H and O–H groups in total. The van der Waals surface area contributed by atoms with Gasteiger partial charge >= 0.3 is 0 Å². The van der Waals surface area contributed by atoms with Crippen molar-refractivity contribution in [2.75, 3.05) is 6.61 Å². The zero-order chi connectivity index (χ0) is 15.7. The second kappa shape index (κ2) is 5.93. The summed E-state index contributed by atoms with van der Waals surface area (Å²) in [6.07, 6.45) is 1.74. The van der Waals surface area contributed by atoms with E-state index in [1.807, 2.05) is 31.2 Å². The Hall–Kier alpha value is -2.13. The topological polar surface area (TPSA) is 43.4 Å². The maximum Gasteiger partial charge on any atom is 0.230 e. The molecule has 0 saturated heterocycles. The molecule has 0 unspecified atom stereocenters. The van der Waals surface area contributed by atoms with Crippen LogP contribution in [0.1, 0.15) is 40.5 Å². The highest BCUT2D eigenvalue weighted by molar-refractivity contribution is 6.49. The average Bonchev–Trinajstić information content (AvgIpc) is 2.54. The minimum absolute atomic E-state index is 0.0251. The molecule has 0 amide bonds. The van der Waals surface area contributed by atoms with Gasteiger partial charge in [0, 0.05) is 11.1 Å². The second-order valence-corrected chi connectivity index (χ2v) is 5.63. The summed E-state index contributed by atoms with van der Waals surface area (Å²) in [5.41, 5.74) is 0.705. The molecule has 1 aliphatic rings. The number of allylic oxidation sites excluding steroid dienone is 2. The van der Waals surface area contributed by atoms with Crippen molar-refractivity contribution in [3.05, 3.63) is 58.3 Å². The van der Waals surface area contributed by atoms with Crippen LogP contribution >= 0.6 is 11.6 Å². The lowest BCUT2D eigenvalue weighted by atomic mass is 9.90. The Balaban J connectivity index is 2.08. The first kappa shape index (κ1) is 14.8. The molecule has 22 heavy (non-hydrogen) atoms. The summed E-state index contributed by atoms with van der Waals surface area (Å²) in [7, 11) is 0. The summed E-state index contributed by atoms with van der Waals surface area (Å²) in [6, 6.07) is 11.0. The standard InChI is InChI=1S/C18H15ClO3/c1-2-3-8-22-18-15(19)16(20)13-9-11-6-4-5-7-12(11)10-14(13)17(18)21/h4-7,9-10H,2-3,8H2,1H3. The van der Waals surface area contributed by atoms with E-state index in [0.717, 1.165) is 23.6 Å². The number of halogens is 1. The number of carbonyl (C=O) groups excluding carboxylic acids is 2. The fourth-order valence-electron chi connectivity index (χ4n) is 2.51. The van der Waals surface area contributed by atoms with E-state index >= 15 is 0 Å². The van der Waals surface area contributed by atoms with Crippen LogP contribution in [0.3, 0.4) is 0 Å². The van der Waals surface area contributed by atoms with E-state index in [2.05, 4.69) is 0 Å². The van der Waals surface area contributed by atoms with Gasteiger partial charge in [0.1, 0.15) is 5.03 Å². The molecule has 3 nitrogen and oxygen atoms in total. The van der Waals surface area contributed by atoms with Crippen LogP contribution in [0.15, 0.2) is 47.2 Å². The predicted octanol–water partition coefficient (Wildman–Crippen LogP) is 4.49. The lowest BCUT2D eigenvalue weighted by molar-refractivity contribution is 0.0876. The summed E-state index contributed by atoms with van der Waals surface area (Å²) in [5, 5.41) is 1.69. The van der Waals surface area contributed by atoms with Gasteiger partial charge < -0.3 is 4.74 Å². The summed E-state index contributed by atoms with van der Waals surface area (Å²) in [6.45, 7) is 2.40. The van der Waals surface area contributed by atoms with Crippen molar-refractivity contribution >= 4 is 33.9 Å². The number of Topliss-reactive ketones (excluding diaryl/α,β-unsaturated/α-hetero) is 2. The molecule has 3 rings (SSSR count). The van der Waals surface area contributed by atoms with E-state index in [4.69, 9.17) is 16.3 Å². The zero-order valence-corrected chi connectivity index (χ0v) is 12.9. The molecule has 1 aliphatic carbocycles. The van der Waals surface area contributed by atoms with Gasteiger partial charge in [-0.05, 0) is 29.3 Å². The van der Waals surface area contributed by atoms with Gasteiger partial charge in [0.05, 0.1) is 6.61 Å². The Labute approximate surface area is 133 Å². The molecule has 112 valence electrons. The quantitative estimate of drug-likeness (QED) is 0.781. The van der Waals surface area contributed by atoms with E-state index < -0.39 is 0 Å². The van der Waals surface area contributed by atoms with Crippen LogP contribution in [0.2, 0.25) is 0 Å². The van der Waals surface area contributed by atoms with Gasteiger partial charge in [-0.25, -0.2) is 0 Å². The number of fused-ring (bicyclic) bond motifs is 2. The van der Waals surface area contributed by atoms with Gasteiger partial charge in [-0.2, -0.15) is 0 Å². The van der Waals surface area contributed by atoms with Crippen LogP contribution in [0.4, 0.5) is 0 Å². The molecule has 0 aliphatic heterocycles. The third-order valence-corrected chi connectivity index (χ3v) is 4.07. The van der Waals surface area contributed by atoms with Crippen molar-refractivity contribution < 1.29 is 14.3 Å². The van der Waals surface area contributed by atoms with Crippen LogP contribution in [-0.4, -0.2) is 18.2 Å². The molecule has 4 heteroatoms. The van der Waals surface area contributed by atoms with Gasteiger partial charge in [-0.3, -0.25) is 9.59 Å². The zero-order valence-electron chi connectivity index (χ0n) is 12.2. The van der Waals surface area contributed by atoms with Crippen LogP contribution in [0.5, 0.6) is 0 Å². The minimum Gasteiger partial charge on any atom is -0.488 e. The van der Waals surface area contributed by atoms with Crippen LogP contribution in [0.25, 0.3) is 10.8 Å². The van der Waals surface area contributed by atoms with E-state index in [9.17, 15) is 9.59 Å². The fraction of sp³-hybridized carbons (Fsp3) is 0.222. The van der Waals surface area contributed by atoms with E-state index in [0.29, 0.717) is 17.7 Å². The Kier molecular flexibility index (Phi) is 3.99. The van der Waals surface area contributed by atoms with Gasteiger partial charge in [-0.1, -0.05) is 49.2 Å². The van der Waals surface area contributed by atoms with Gasteiger partial charge in [0.15, 0.2) is 5.76 Å². The van der Waals surface area contributed by atoms with Gasteiger partial charge in [0.25, 0.3) is 0 Å². The summed E-state index contributed by atoms with van der Waals surface area (Å²) in [4.78, 5) is 25.0. The Morgan fingerprint density at radius 1 is 1.00 bits per heavy atom. The highest BCUT2D eigenvalue weighted by Crippen LogP contribution is 2.32. The number of carbonyl (C=O) groups is 2. The van der Waals surface area contributed by atoms with Gasteiger partial charge in [-0.15, -0.1) is 0 Å². The smallest absolute Gasteiger partial charge is 0.230 e. The first-order valence-electron chi connectivity index (χ1n) is 7.28. The monoisotopic (exact) mass is 314 g/mol. The van der Waals surface area contributed by atoms with Gasteiger partial charge in [0.2, 0.25) is 11.6 Å². The molecule has 2 aromatic carbocycles. The number of ether oxygens (including phenoxy) is 1.